The Morgan fingerprint density at radius 2 is 1.85 bits per heavy atom. The summed E-state index contributed by atoms with van der Waals surface area (Å²) >= 11 is 0. The number of hydrogen-bond donors (Lipinski definition) is 1. The van der Waals surface area contributed by atoms with Crippen molar-refractivity contribution in [3.05, 3.63) is 41.5 Å². The lowest BCUT2D eigenvalue weighted by molar-refractivity contribution is 0.526. The van der Waals surface area contributed by atoms with Crippen molar-refractivity contribution in [1.82, 2.24) is 20.3 Å². The van der Waals surface area contributed by atoms with Crippen molar-refractivity contribution < 1.29 is 13.2 Å². The van der Waals surface area contributed by atoms with Crippen molar-refractivity contribution in [3.8, 4) is 5.69 Å². The highest BCUT2D eigenvalue weighted by molar-refractivity contribution is 5.34. The summed E-state index contributed by atoms with van der Waals surface area (Å²) in [5, 5.41) is 10.6. The van der Waals surface area contributed by atoms with E-state index in [1.165, 1.54) is 6.20 Å². The van der Waals surface area contributed by atoms with Crippen LogP contribution < -0.4 is 5.32 Å². The molecule has 1 aromatic heterocycles. The summed E-state index contributed by atoms with van der Waals surface area (Å²) in [7, 11) is 0. The number of aromatic nitrogens is 3. The average Bonchev–Trinajstić information content (AvgIpc) is 2.75. The molecule has 0 aliphatic heterocycles. The Morgan fingerprint density at radius 3 is 2.45 bits per heavy atom. The van der Waals surface area contributed by atoms with Gasteiger partial charge in [0.1, 0.15) is 11.5 Å². The molecule has 4 nitrogen and oxygen atoms in total. The third kappa shape index (κ3) is 3.36. The molecule has 108 valence electrons. The Labute approximate surface area is 114 Å². The summed E-state index contributed by atoms with van der Waals surface area (Å²) < 4.78 is 41.0. The smallest absolute Gasteiger partial charge is 0.154 e. The Kier molecular flexibility index (Phi) is 4.39. The number of benzene rings is 1. The number of nitrogens with one attached hydrogen (secondary N) is 1. The van der Waals surface area contributed by atoms with E-state index in [-0.39, 0.29) is 0 Å². The molecule has 0 bridgehead atoms. The van der Waals surface area contributed by atoms with Gasteiger partial charge in [0, 0.05) is 18.7 Å². The van der Waals surface area contributed by atoms with Crippen molar-refractivity contribution in [2.45, 2.75) is 20.4 Å². The normalized spacial score (nSPS) is 11.3. The van der Waals surface area contributed by atoms with E-state index in [0.717, 1.165) is 11.2 Å². The van der Waals surface area contributed by atoms with E-state index in [2.05, 4.69) is 29.5 Å². The first-order valence-corrected chi connectivity index (χ1v) is 6.24. The van der Waals surface area contributed by atoms with Gasteiger partial charge >= 0.3 is 0 Å². The Balaban J connectivity index is 2.17. The summed E-state index contributed by atoms with van der Waals surface area (Å²) in [6, 6.07) is 1.22. The monoisotopic (exact) mass is 284 g/mol. The first-order valence-electron chi connectivity index (χ1n) is 6.24. The lowest BCUT2D eigenvalue weighted by Crippen LogP contribution is -2.19. The number of halogens is 3. The lowest BCUT2D eigenvalue weighted by Gasteiger charge is -2.05. The molecule has 0 atom stereocenters. The summed E-state index contributed by atoms with van der Waals surface area (Å²) in [4.78, 5) is 0. The van der Waals surface area contributed by atoms with Gasteiger partial charge in [-0.2, -0.15) is 0 Å². The van der Waals surface area contributed by atoms with Gasteiger partial charge in [-0.15, -0.1) is 5.10 Å². The SMILES string of the molecule is CC(C)CNCc1cn(-c2c(F)cc(F)cc2F)nn1. The highest BCUT2D eigenvalue weighted by Crippen LogP contribution is 2.18. The van der Waals surface area contributed by atoms with Gasteiger partial charge in [0.2, 0.25) is 0 Å². The molecule has 0 saturated carbocycles. The molecule has 0 aliphatic carbocycles. The van der Waals surface area contributed by atoms with Crippen LogP contribution >= 0.6 is 0 Å². The minimum atomic E-state index is -1.02. The molecule has 1 aromatic carbocycles. The fraction of sp³-hybridized carbons (Fsp3) is 0.385. The molecule has 20 heavy (non-hydrogen) atoms. The predicted molar refractivity (Wildman–Crippen MR) is 67.8 cm³/mol. The van der Waals surface area contributed by atoms with Gasteiger partial charge in [-0.1, -0.05) is 19.1 Å². The number of hydrogen-bond acceptors (Lipinski definition) is 3. The molecule has 2 aromatic rings. The third-order valence-corrected chi connectivity index (χ3v) is 2.61. The van der Waals surface area contributed by atoms with Gasteiger partial charge in [0.15, 0.2) is 11.6 Å². The first-order chi connectivity index (χ1) is 9.47. The summed E-state index contributed by atoms with van der Waals surface area (Å²) in [5.41, 5.74) is 0.114. The Hall–Kier alpha value is -1.89. The van der Waals surface area contributed by atoms with Crippen LogP contribution in [-0.2, 0) is 6.54 Å². The van der Waals surface area contributed by atoms with E-state index in [4.69, 9.17) is 0 Å². The zero-order valence-electron chi connectivity index (χ0n) is 11.2. The fourth-order valence-corrected chi connectivity index (χ4v) is 1.73. The fourth-order valence-electron chi connectivity index (χ4n) is 1.73. The van der Waals surface area contributed by atoms with Crippen molar-refractivity contribution in [3.63, 3.8) is 0 Å². The molecule has 0 unspecified atom stereocenters. The zero-order valence-corrected chi connectivity index (χ0v) is 11.2. The van der Waals surface area contributed by atoms with E-state index >= 15 is 0 Å². The van der Waals surface area contributed by atoms with Crippen LogP contribution in [0.1, 0.15) is 19.5 Å². The molecule has 0 radical (unpaired) electrons. The van der Waals surface area contributed by atoms with Crippen LogP contribution in [0, 0.1) is 23.4 Å². The van der Waals surface area contributed by atoms with Crippen LogP contribution in [0.15, 0.2) is 18.3 Å². The van der Waals surface area contributed by atoms with E-state index in [1.54, 1.807) is 0 Å². The van der Waals surface area contributed by atoms with Gasteiger partial charge in [-0.3, -0.25) is 0 Å². The number of rotatable bonds is 5. The van der Waals surface area contributed by atoms with E-state index in [9.17, 15) is 13.2 Å². The van der Waals surface area contributed by atoms with Crippen molar-refractivity contribution >= 4 is 0 Å². The van der Waals surface area contributed by atoms with E-state index < -0.39 is 23.1 Å². The molecule has 0 saturated heterocycles. The highest BCUT2D eigenvalue weighted by atomic mass is 19.1. The van der Waals surface area contributed by atoms with E-state index in [0.29, 0.717) is 30.3 Å². The zero-order chi connectivity index (χ0) is 14.7. The third-order valence-electron chi connectivity index (χ3n) is 2.61. The van der Waals surface area contributed by atoms with Gasteiger partial charge in [-0.25, -0.2) is 17.9 Å². The summed E-state index contributed by atoms with van der Waals surface area (Å²) in [6.45, 7) is 5.37. The maximum absolute atomic E-state index is 13.6. The second-order valence-electron chi connectivity index (χ2n) is 4.90. The Bertz CT molecular complexity index is 572. The second kappa shape index (κ2) is 6.04. The summed E-state index contributed by atoms with van der Waals surface area (Å²) in [5.74, 6) is -2.53. The van der Waals surface area contributed by atoms with Gasteiger partial charge in [-0.05, 0) is 12.5 Å². The largest absolute Gasteiger partial charge is 0.311 e. The molecule has 7 heteroatoms. The van der Waals surface area contributed by atoms with Crippen LogP contribution in [0.4, 0.5) is 13.2 Å². The standard InChI is InChI=1S/C13H15F3N4/c1-8(2)5-17-6-10-7-20(19-18-10)13-11(15)3-9(14)4-12(13)16/h3-4,7-8,17H,5-6H2,1-2H3. The second-order valence-corrected chi connectivity index (χ2v) is 4.90. The van der Waals surface area contributed by atoms with Crippen molar-refractivity contribution in [2.75, 3.05) is 6.54 Å². The molecule has 0 spiro atoms. The lowest BCUT2D eigenvalue weighted by atomic mass is 10.2. The minimum Gasteiger partial charge on any atom is -0.311 e. The van der Waals surface area contributed by atoms with Gasteiger partial charge in [0.25, 0.3) is 0 Å². The maximum Gasteiger partial charge on any atom is 0.154 e. The topological polar surface area (TPSA) is 42.7 Å². The van der Waals surface area contributed by atoms with Gasteiger partial charge < -0.3 is 5.32 Å². The van der Waals surface area contributed by atoms with Crippen LogP contribution in [0.25, 0.3) is 5.69 Å². The van der Waals surface area contributed by atoms with Crippen molar-refractivity contribution in [1.29, 1.82) is 0 Å². The minimum absolute atomic E-state index is 0.436. The van der Waals surface area contributed by atoms with Crippen LogP contribution in [-0.4, -0.2) is 21.5 Å². The van der Waals surface area contributed by atoms with Crippen LogP contribution in [0.5, 0.6) is 0 Å². The molecule has 1 N–H and O–H groups in total. The molecular formula is C13H15F3N4. The van der Waals surface area contributed by atoms with Crippen molar-refractivity contribution in [2.24, 2.45) is 5.92 Å². The molecule has 0 amide bonds. The molecule has 2 rings (SSSR count). The highest BCUT2D eigenvalue weighted by Gasteiger charge is 2.15. The maximum atomic E-state index is 13.6. The van der Waals surface area contributed by atoms with Gasteiger partial charge in [0.05, 0.1) is 11.9 Å². The molecule has 0 aliphatic rings. The quantitative estimate of drug-likeness (QED) is 0.917. The van der Waals surface area contributed by atoms with Crippen LogP contribution in [0.2, 0.25) is 0 Å². The predicted octanol–water partition coefficient (Wildman–Crippen LogP) is 2.43. The summed E-state index contributed by atoms with van der Waals surface area (Å²) in [6.07, 6.45) is 1.41. The Morgan fingerprint density at radius 1 is 1.20 bits per heavy atom. The molecular weight excluding hydrogens is 269 g/mol. The number of nitrogens with zero attached hydrogens (tertiary/aromatic N) is 3. The molecule has 1 heterocycles. The average molecular weight is 284 g/mol. The van der Waals surface area contributed by atoms with E-state index in [1.807, 2.05) is 0 Å². The van der Waals surface area contributed by atoms with Crippen LogP contribution in [0.3, 0.4) is 0 Å². The first kappa shape index (κ1) is 14.5. The molecule has 0 fully saturated rings.